The molecule has 1 heterocycles. The third-order valence-electron chi connectivity index (χ3n) is 4.02. The van der Waals surface area contributed by atoms with Crippen LogP contribution < -0.4 is 16.0 Å². The number of hydrogen-bond acceptors (Lipinski definition) is 3. The molecule has 0 aliphatic rings. The largest absolute Gasteiger partial charge is 0.356 e. The van der Waals surface area contributed by atoms with Crippen molar-refractivity contribution in [3.8, 4) is 0 Å². The van der Waals surface area contributed by atoms with Crippen LogP contribution in [0.4, 0.5) is 0 Å². The van der Waals surface area contributed by atoms with Crippen LogP contribution in [0, 0.1) is 5.92 Å². The second kappa shape index (κ2) is 12.3. The third-order valence-corrected chi connectivity index (χ3v) is 4.02. The molecule has 8 heteroatoms. The number of guanidine groups is 1. The monoisotopic (exact) mass is 484 g/mol. The average molecular weight is 484 g/mol. The summed E-state index contributed by atoms with van der Waals surface area (Å²) in [6.45, 7) is 4.59. The van der Waals surface area contributed by atoms with Crippen molar-refractivity contribution in [2.24, 2.45) is 10.9 Å². The van der Waals surface area contributed by atoms with Gasteiger partial charge in [0.05, 0.1) is 0 Å². The van der Waals surface area contributed by atoms with Crippen LogP contribution in [0.25, 0.3) is 0 Å². The molecule has 0 aliphatic carbocycles. The average Bonchev–Trinajstić information content (AvgIpc) is 3.17. The van der Waals surface area contributed by atoms with E-state index < -0.39 is 0 Å². The van der Waals surface area contributed by atoms with E-state index in [1.807, 2.05) is 41.2 Å². The van der Waals surface area contributed by atoms with Crippen LogP contribution in [0.1, 0.15) is 22.8 Å². The van der Waals surface area contributed by atoms with E-state index >= 15 is 0 Å². The number of aliphatic imine (C=N–C) groups is 1. The maximum atomic E-state index is 11.7. The number of hydrogen-bond donors (Lipinski definition) is 3. The Hall–Kier alpha value is -2.10. The Kier molecular flexibility index (Phi) is 10.5. The molecule has 0 bridgehead atoms. The first-order valence-corrected chi connectivity index (χ1v) is 8.85. The van der Waals surface area contributed by atoms with Gasteiger partial charge in [-0.3, -0.25) is 14.5 Å². The quantitative estimate of drug-likeness (QED) is 0.304. The Balaban J connectivity index is 0.00000364. The van der Waals surface area contributed by atoms with E-state index in [0.717, 1.165) is 37.6 Å². The fraction of sp³-hybridized carbons (Fsp3) is 0.421. The minimum Gasteiger partial charge on any atom is -0.356 e. The number of nitrogens with zero attached hydrogens (tertiary/aromatic N) is 3. The van der Waals surface area contributed by atoms with E-state index in [4.69, 9.17) is 0 Å². The number of aromatic nitrogens is 2. The second-order valence-electron chi connectivity index (χ2n) is 6.24. The highest BCUT2D eigenvalue weighted by atomic mass is 127. The van der Waals surface area contributed by atoms with Crippen molar-refractivity contribution in [1.82, 2.24) is 25.7 Å². The molecule has 1 atom stereocenters. The molecule has 2 rings (SSSR count). The first-order valence-electron chi connectivity index (χ1n) is 8.85. The lowest BCUT2D eigenvalue weighted by Gasteiger charge is -2.16. The highest BCUT2D eigenvalue weighted by Gasteiger charge is 2.06. The first kappa shape index (κ1) is 22.9. The van der Waals surface area contributed by atoms with Gasteiger partial charge in [-0.2, -0.15) is 5.10 Å². The Morgan fingerprint density at radius 3 is 2.78 bits per heavy atom. The van der Waals surface area contributed by atoms with Crippen LogP contribution in [0.2, 0.25) is 0 Å². The van der Waals surface area contributed by atoms with Crippen molar-refractivity contribution in [2.75, 3.05) is 27.2 Å². The number of carbonyl (C=O) groups excluding carboxylic acids is 1. The van der Waals surface area contributed by atoms with Gasteiger partial charge in [-0.15, -0.1) is 24.0 Å². The van der Waals surface area contributed by atoms with Crippen molar-refractivity contribution in [1.29, 1.82) is 0 Å². The molecule has 1 aromatic heterocycles. The number of rotatable bonds is 8. The molecule has 0 saturated heterocycles. The minimum atomic E-state index is -0.0662. The number of benzene rings is 1. The number of nitrogens with one attached hydrogen (secondary N) is 3. The summed E-state index contributed by atoms with van der Waals surface area (Å²) < 4.78 is 1.93. The summed E-state index contributed by atoms with van der Waals surface area (Å²) in [6.07, 6.45) is 4.57. The normalized spacial score (nSPS) is 12.0. The van der Waals surface area contributed by atoms with Crippen LogP contribution in [0.15, 0.2) is 47.7 Å². The van der Waals surface area contributed by atoms with Gasteiger partial charge in [-0.1, -0.05) is 19.1 Å². The van der Waals surface area contributed by atoms with Gasteiger partial charge in [0.25, 0.3) is 5.91 Å². The molecular weight excluding hydrogens is 455 g/mol. The van der Waals surface area contributed by atoms with Crippen LogP contribution in [-0.4, -0.2) is 48.8 Å². The molecule has 0 aliphatic heterocycles. The first-order chi connectivity index (χ1) is 12.6. The lowest BCUT2D eigenvalue weighted by molar-refractivity contribution is 0.0963. The summed E-state index contributed by atoms with van der Waals surface area (Å²) in [4.78, 5) is 15.9. The van der Waals surface area contributed by atoms with Gasteiger partial charge in [0.15, 0.2) is 5.96 Å². The summed E-state index contributed by atoms with van der Waals surface area (Å²) in [5, 5.41) is 13.5. The highest BCUT2D eigenvalue weighted by Crippen LogP contribution is 2.05. The van der Waals surface area contributed by atoms with E-state index in [0.29, 0.717) is 11.5 Å². The van der Waals surface area contributed by atoms with Gasteiger partial charge >= 0.3 is 0 Å². The maximum absolute atomic E-state index is 11.7. The Morgan fingerprint density at radius 1 is 1.30 bits per heavy atom. The summed E-state index contributed by atoms with van der Waals surface area (Å²) >= 11 is 0. The molecule has 148 valence electrons. The van der Waals surface area contributed by atoms with Crippen molar-refractivity contribution in [3.63, 3.8) is 0 Å². The zero-order valence-corrected chi connectivity index (χ0v) is 18.4. The molecule has 0 fully saturated rings. The summed E-state index contributed by atoms with van der Waals surface area (Å²) in [5.41, 5.74) is 1.79. The molecule has 0 radical (unpaired) electrons. The molecule has 7 nitrogen and oxygen atoms in total. The number of carbonyl (C=O) groups is 1. The third kappa shape index (κ3) is 7.98. The van der Waals surface area contributed by atoms with E-state index in [1.54, 1.807) is 20.3 Å². The van der Waals surface area contributed by atoms with E-state index in [2.05, 4.69) is 33.0 Å². The fourth-order valence-electron chi connectivity index (χ4n) is 2.62. The van der Waals surface area contributed by atoms with E-state index in [9.17, 15) is 4.79 Å². The highest BCUT2D eigenvalue weighted by molar-refractivity contribution is 14.0. The molecule has 0 saturated carbocycles. The maximum Gasteiger partial charge on any atom is 0.251 e. The van der Waals surface area contributed by atoms with Crippen LogP contribution in [-0.2, 0) is 13.0 Å². The Bertz CT molecular complexity index is 717. The Labute approximate surface area is 178 Å². The lowest BCUT2D eigenvalue weighted by Crippen LogP contribution is -2.40. The molecule has 0 spiro atoms. The van der Waals surface area contributed by atoms with Crippen molar-refractivity contribution < 1.29 is 4.79 Å². The van der Waals surface area contributed by atoms with Crippen LogP contribution in [0.3, 0.4) is 0 Å². The Morgan fingerprint density at radius 2 is 2.11 bits per heavy atom. The van der Waals surface area contributed by atoms with Crippen molar-refractivity contribution >= 4 is 35.8 Å². The van der Waals surface area contributed by atoms with Crippen molar-refractivity contribution in [2.45, 2.75) is 19.9 Å². The van der Waals surface area contributed by atoms with Gasteiger partial charge in [0, 0.05) is 51.7 Å². The van der Waals surface area contributed by atoms with E-state index in [-0.39, 0.29) is 29.9 Å². The van der Waals surface area contributed by atoms with Crippen molar-refractivity contribution in [3.05, 3.63) is 53.9 Å². The van der Waals surface area contributed by atoms with Gasteiger partial charge in [-0.25, -0.2) is 0 Å². The molecular formula is C19H29IN6O. The fourth-order valence-corrected chi connectivity index (χ4v) is 2.62. The minimum absolute atomic E-state index is 0. The van der Waals surface area contributed by atoms with Gasteiger partial charge < -0.3 is 16.0 Å². The standard InChI is InChI=1S/C19H28N6O.HI/c1-15(14-25-11-5-9-24-25)13-23-19(21-3)22-10-8-16-6-4-7-17(12-16)18(26)20-2;/h4-7,9,11-12,15H,8,10,13-14H2,1-3H3,(H,20,26)(H2,21,22,23);1H. The van der Waals surface area contributed by atoms with E-state index in [1.165, 1.54) is 0 Å². The molecule has 27 heavy (non-hydrogen) atoms. The zero-order chi connectivity index (χ0) is 18.8. The predicted molar refractivity (Wildman–Crippen MR) is 120 cm³/mol. The molecule has 1 unspecified atom stereocenters. The zero-order valence-electron chi connectivity index (χ0n) is 16.1. The lowest BCUT2D eigenvalue weighted by atomic mass is 10.1. The van der Waals surface area contributed by atoms with Gasteiger partial charge in [0.2, 0.25) is 0 Å². The summed E-state index contributed by atoms with van der Waals surface area (Å²) in [6, 6.07) is 9.60. The number of amides is 1. The molecule has 1 aromatic carbocycles. The topological polar surface area (TPSA) is 83.3 Å². The molecule has 2 aromatic rings. The number of halogens is 1. The summed E-state index contributed by atoms with van der Waals surface area (Å²) in [7, 11) is 3.40. The van der Waals surface area contributed by atoms with Crippen LogP contribution in [0.5, 0.6) is 0 Å². The van der Waals surface area contributed by atoms with Gasteiger partial charge in [-0.05, 0) is 36.1 Å². The predicted octanol–water partition coefficient (Wildman–Crippen LogP) is 1.90. The van der Waals surface area contributed by atoms with Crippen LogP contribution >= 0.6 is 24.0 Å². The molecule has 1 amide bonds. The summed E-state index contributed by atoms with van der Waals surface area (Å²) in [5.74, 6) is 1.14. The molecule has 3 N–H and O–H groups in total. The second-order valence-corrected chi connectivity index (χ2v) is 6.24. The smallest absolute Gasteiger partial charge is 0.251 e. The van der Waals surface area contributed by atoms with Gasteiger partial charge in [0.1, 0.15) is 0 Å². The SMILES string of the molecule is CN=C(NCCc1cccc(C(=O)NC)c1)NCC(C)Cn1cccn1.I.